The topological polar surface area (TPSA) is 83.7 Å². The monoisotopic (exact) mass is 393 g/mol. The molecule has 2 fully saturated rings. The number of hydrogen-bond acceptors (Lipinski definition) is 4. The van der Waals surface area contributed by atoms with Crippen molar-refractivity contribution < 1.29 is 13.2 Å². The maximum atomic E-state index is 13.4. The van der Waals surface area contributed by atoms with Gasteiger partial charge >= 0.3 is 0 Å². The highest BCUT2D eigenvalue weighted by Gasteiger charge is 2.44. The Hall–Kier alpha value is -1.44. The van der Waals surface area contributed by atoms with Gasteiger partial charge in [-0.05, 0) is 63.1 Å². The number of carbonyl (C=O) groups is 1. The molecule has 0 bridgehead atoms. The second-order valence-corrected chi connectivity index (χ2v) is 10.4. The van der Waals surface area contributed by atoms with Crippen LogP contribution in [0, 0.1) is 26.2 Å². The summed E-state index contributed by atoms with van der Waals surface area (Å²) >= 11 is 0. The van der Waals surface area contributed by atoms with Crippen LogP contribution in [-0.4, -0.2) is 55.8 Å². The Kier molecular flexibility index (Phi) is 5.40. The lowest BCUT2D eigenvalue weighted by molar-refractivity contribution is -0.133. The average molecular weight is 394 g/mol. The van der Waals surface area contributed by atoms with E-state index in [1.54, 1.807) is 4.90 Å². The zero-order valence-electron chi connectivity index (χ0n) is 16.8. The van der Waals surface area contributed by atoms with E-state index in [2.05, 4.69) is 6.92 Å². The molecule has 1 aromatic rings. The van der Waals surface area contributed by atoms with E-state index < -0.39 is 16.1 Å². The van der Waals surface area contributed by atoms with E-state index in [1.165, 1.54) is 4.31 Å². The van der Waals surface area contributed by atoms with Crippen LogP contribution in [0.5, 0.6) is 0 Å². The van der Waals surface area contributed by atoms with Gasteiger partial charge < -0.3 is 10.6 Å². The molecule has 3 rings (SSSR count). The summed E-state index contributed by atoms with van der Waals surface area (Å²) < 4.78 is 28.3. The van der Waals surface area contributed by atoms with Gasteiger partial charge in [-0.2, -0.15) is 4.31 Å². The number of sulfonamides is 1. The number of carbonyl (C=O) groups excluding carboxylic acids is 1. The minimum absolute atomic E-state index is 0.0674. The van der Waals surface area contributed by atoms with Crippen molar-refractivity contribution in [1.82, 2.24) is 9.21 Å². The van der Waals surface area contributed by atoms with Gasteiger partial charge in [0.05, 0.1) is 4.90 Å². The van der Waals surface area contributed by atoms with Gasteiger partial charge in [-0.25, -0.2) is 8.42 Å². The molecule has 150 valence electrons. The summed E-state index contributed by atoms with van der Waals surface area (Å²) in [7, 11) is -3.71. The number of nitrogens with two attached hydrogens (primary N) is 1. The van der Waals surface area contributed by atoms with Crippen LogP contribution in [0.4, 0.5) is 0 Å². The Morgan fingerprint density at radius 3 is 2.41 bits per heavy atom. The average Bonchev–Trinajstić information content (AvgIpc) is 3.21. The summed E-state index contributed by atoms with van der Waals surface area (Å²) in [6, 6.07) is 3.18. The van der Waals surface area contributed by atoms with Gasteiger partial charge in [0.2, 0.25) is 15.9 Å². The smallest absolute Gasteiger partial charge is 0.244 e. The van der Waals surface area contributed by atoms with Crippen molar-refractivity contribution in [2.24, 2.45) is 11.1 Å². The van der Waals surface area contributed by atoms with E-state index in [-0.39, 0.29) is 11.3 Å². The van der Waals surface area contributed by atoms with Crippen molar-refractivity contribution in [2.75, 3.05) is 26.2 Å². The zero-order valence-corrected chi connectivity index (χ0v) is 17.6. The van der Waals surface area contributed by atoms with Gasteiger partial charge in [0, 0.05) is 19.6 Å². The summed E-state index contributed by atoms with van der Waals surface area (Å²) in [5.74, 6) is -0.0735. The molecule has 1 aromatic carbocycles. The molecule has 0 radical (unpaired) electrons. The van der Waals surface area contributed by atoms with Crippen molar-refractivity contribution in [3.8, 4) is 0 Å². The fourth-order valence-electron chi connectivity index (χ4n) is 4.55. The molecule has 2 aliphatic rings. The van der Waals surface area contributed by atoms with E-state index in [0.29, 0.717) is 43.9 Å². The van der Waals surface area contributed by atoms with Crippen molar-refractivity contribution >= 4 is 15.9 Å². The molecule has 2 atom stereocenters. The van der Waals surface area contributed by atoms with Crippen LogP contribution in [0.25, 0.3) is 0 Å². The largest absolute Gasteiger partial charge is 0.341 e. The lowest BCUT2D eigenvalue weighted by atomic mass is 9.90. The third kappa shape index (κ3) is 3.65. The van der Waals surface area contributed by atoms with Crippen LogP contribution in [0.15, 0.2) is 17.0 Å². The van der Waals surface area contributed by atoms with E-state index in [0.717, 1.165) is 23.1 Å². The fraction of sp³-hybridized carbons (Fsp3) is 0.650. The molecule has 2 saturated heterocycles. The van der Waals surface area contributed by atoms with Gasteiger partial charge in [-0.1, -0.05) is 24.6 Å². The predicted octanol–water partition coefficient (Wildman–Crippen LogP) is 1.96. The summed E-state index contributed by atoms with van der Waals surface area (Å²) in [5.41, 5.74) is 8.31. The van der Waals surface area contributed by atoms with Crippen molar-refractivity contribution in [3.63, 3.8) is 0 Å². The Labute approximate surface area is 162 Å². The van der Waals surface area contributed by atoms with Crippen molar-refractivity contribution in [1.29, 1.82) is 0 Å². The SMILES string of the molecule is Cc1cc(C)c(S(=O)(=O)N2CCCC2C(=O)N2CCC(C)(CN)C2)c(C)c1. The molecule has 2 unspecified atom stereocenters. The second-order valence-electron chi connectivity index (χ2n) is 8.53. The Bertz CT molecular complexity index is 829. The number of hydrogen-bond donors (Lipinski definition) is 1. The van der Waals surface area contributed by atoms with Crippen LogP contribution < -0.4 is 5.73 Å². The highest BCUT2D eigenvalue weighted by molar-refractivity contribution is 7.89. The molecular weight excluding hydrogens is 362 g/mol. The van der Waals surface area contributed by atoms with E-state index >= 15 is 0 Å². The molecule has 2 N–H and O–H groups in total. The molecule has 7 heteroatoms. The van der Waals surface area contributed by atoms with Crippen molar-refractivity contribution in [2.45, 2.75) is 57.9 Å². The number of nitrogens with zero attached hydrogens (tertiary/aromatic N) is 2. The van der Waals surface area contributed by atoms with Crippen molar-refractivity contribution in [3.05, 3.63) is 28.8 Å². The van der Waals surface area contributed by atoms with Crippen LogP contribution in [-0.2, 0) is 14.8 Å². The molecular formula is C20H31N3O3S. The first-order valence-corrected chi connectivity index (χ1v) is 11.1. The molecule has 0 saturated carbocycles. The molecule has 27 heavy (non-hydrogen) atoms. The third-order valence-corrected chi connectivity index (χ3v) is 8.24. The van der Waals surface area contributed by atoms with E-state index in [4.69, 9.17) is 5.73 Å². The van der Waals surface area contributed by atoms with Crippen LogP contribution in [0.2, 0.25) is 0 Å². The molecule has 1 amide bonds. The highest BCUT2D eigenvalue weighted by atomic mass is 32.2. The van der Waals surface area contributed by atoms with Crippen LogP contribution >= 0.6 is 0 Å². The first kappa shape index (κ1) is 20.3. The number of benzene rings is 1. The highest BCUT2D eigenvalue weighted by Crippen LogP contribution is 2.34. The maximum absolute atomic E-state index is 13.4. The second kappa shape index (κ2) is 7.18. The van der Waals surface area contributed by atoms with Gasteiger partial charge in [0.25, 0.3) is 0 Å². The number of amides is 1. The Morgan fingerprint density at radius 1 is 1.22 bits per heavy atom. The Morgan fingerprint density at radius 2 is 1.85 bits per heavy atom. The molecule has 0 aromatic heterocycles. The number of aryl methyl sites for hydroxylation is 3. The standard InChI is InChI=1S/C20H31N3O3S/c1-14-10-15(2)18(16(3)11-14)27(25,26)23-8-5-6-17(23)19(24)22-9-7-20(4,12-21)13-22/h10-11,17H,5-9,12-13,21H2,1-4H3. The Balaban J connectivity index is 1.89. The maximum Gasteiger partial charge on any atom is 0.244 e. The van der Waals surface area contributed by atoms with Gasteiger partial charge in [-0.15, -0.1) is 0 Å². The summed E-state index contributed by atoms with van der Waals surface area (Å²) in [4.78, 5) is 15.3. The van der Waals surface area contributed by atoms with Crippen LogP contribution in [0.3, 0.4) is 0 Å². The first-order valence-electron chi connectivity index (χ1n) is 9.68. The molecule has 6 nitrogen and oxygen atoms in total. The lowest BCUT2D eigenvalue weighted by Gasteiger charge is -2.29. The molecule has 0 spiro atoms. The van der Waals surface area contributed by atoms with Crippen LogP contribution in [0.1, 0.15) is 42.9 Å². The summed E-state index contributed by atoms with van der Waals surface area (Å²) in [5, 5.41) is 0. The summed E-state index contributed by atoms with van der Waals surface area (Å²) in [6.45, 7) is 9.89. The first-order chi connectivity index (χ1) is 12.6. The van der Waals surface area contributed by atoms with Gasteiger partial charge in [0.1, 0.15) is 6.04 Å². The van der Waals surface area contributed by atoms with E-state index in [1.807, 2.05) is 32.9 Å². The molecule has 2 aliphatic heterocycles. The third-order valence-electron chi connectivity index (χ3n) is 6.02. The molecule has 0 aliphatic carbocycles. The van der Waals surface area contributed by atoms with Gasteiger partial charge in [0.15, 0.2) is 0 Å². The minimum Gasteiger partial charge on any atom is -0.341 e. The number of likely N-dealkylation sites (tertiary alicyclic amines) is 1. The normalized spacial score (nSPS) is 26.7. The quantitative estimate of drug-likeness (QED) is 0.848. The van der Waals surface area contributed by atoms with E-state index in [9.17, 15) is 13.2 Å². The minimum atomic E-state index is -3.71. The van der Waals surface area contributed by atoms with Gasteiger partial charge in [-0.3, -0.25) is 4.79 Å². The zero-order chi connectivity index (χ0) is 20.0. The fourth-order valence-corrected chi connectivity index (χ4v) is 6.62. The lowest BCUT2D eigenvalue weighted by Crippen LogP contribution is -2.48. The summed E-state index contributed by atoms with van der Waals surface area (Å²) in [6.07, 6.45) is 2.16. The predicted molar refractivity (Wildman–Crippen MR) is 106 cm³/mol. The molecule has 2 heterocycles. The number of rotatable bonds is 4.